The lowest BCUT2D eigenvalue weighted by atomic mass is 9.77. The summed E-state index contributed by atoms with van der Waals surface area (Å²) in [6.45, 7) is 10.9. The molecule has 7 rings (SSSR count). The molecule has 4 saturated heterocycles. The number of hydrogen-bond donors (Lipinski definition) is 1. The van der Waals surface area contributed by atoms with Crippen LogP contribution in [0, 0.1) is 23.7 Å². The Morgan fingerprint density at radius 2 is 1.27 bits per heavy atom. The lowest BCUT2D eigenvalue weighted by Crippen LogP contribution is -2.56. The van der Waals surface area contributed by atoms with E-state index in [-0.39, 0.29) is 66.6 Å². The molecule has 0 amide bonds. The van der Waals surface area contributed by atoms with Crippen LogP contribution in [0.15, 0.2) is 84.9 Å². The summed E-state index contributed by atoms with van der Waals surface area (Å²) >= 11 is 0. The van der Waals surface area contributed by atoms with Crippen LogP contribution in [0.4, 0.5) is 0 Å². The minimum Gasteiger partial charge on any atom is -0.497 e. The van der Waals surface area contributed by atoms with Gasteiger partial charge in [0.1, 0.15) is 23.7 Å². The SMILES string of the molecule is COc1ccc(OCCCC2OC3C(O)C(C)C4OC5CC(C)CC(OCc6ccccc6)C(COCc6ccccc6)OC5CC4OC3C(C)C2C)cc1. The Labute approximate surface area is 327 Å². The van der Waals surface area contributed by atoms with Crippen molar-refractivity contribution in [1.29, 1.82) is 0 Å². The fourth-order valence-electron chi connectivity index (χ4n) is 9.15. The molecule has 3 aromatic rings. The molecule has 0 saturated carbocycles. The van der Waals surface area contributed by atoms with E-state index in [1.54, 1.807) is 7.11 Å². The molecule has 0 aromatic heterocycles. The van der Waals surface area contributed by atoms with E-state index in [1.165, 1.54) is 0 Å². The van der Waals surface area contributed by atoms with E-state index >= 15 is 0 Å². The first-order valence-corrected chi connectivity index (χ1v) is 20.6. The van der Waals surface area contributed by atoms with Crippen molar-refractivity contribution < 1.29 is 43.0 Å². The van der Waals surface area contributed by atoms with Crippen molar-refractivity contribution in [1.82, 2.24) is 0 Å². The second-order valence-corrected chi connectivity index (χ2v) is 16.5. The minimum absolute atomic E-state index is 0.00883. The lowest BCUT2D eigenvalue weighted by molar-refractivity contribution is -0.259. The van der Waals surface area contributed by atoms with Gasteiger partial charge in [-0.05, 0) is 78.8 Å². The second kappa shape index (κ2) is 18.9. The molecule has 4 aliphatic heterocycles. The van der Waals surface area contributed by atoms with Gasteiger partial charge in [0.05, 0.1) is 82.4 Å². The Balaban J connectivity index is 1.02. The van der Waals surface area contributed by atoms with E-state index in [0.29, 0.717) is 38.8 Å². The number of aliphatic hydroxyl groups is 1. The van der Waals surface area contributed by atoms with Crippen LogP contribution in [0.25, 0.3) is 0 Å². The quantitative estimate of drug-likeness (QED) is 0.175. The zero-order chi connectivity index (χ0) is 38.3. The Bertz CT molecular complexity index is 1570. The molecule has 0 spiro atoms. The third-order valence-electron chi connectivity index (χ3n) is 12.6. The molecule has 0 aliphatic carbocycles. The van der Waals surface area contributed by atoms with Crippen molar-refractivity contribution >= 4 is 0 Å². The van der Waals surface area contributed by atoms with E-state index in [1.807, 2.05) is 60.7 Å². The molecule has 9 nitrogen and oxygen atoms in total. The van der Waals surface area contributed by atoms with Crippen LogP contribution in [-0.4, -0.2) is 86.5 Å². The van der Waals surface area contributed by atoms with E-state index in [0.717, 1.165) is 48.3 Å². The number of ether oxygens (including phenoxy) is 8. The van der Waals surface area contributed by atoms with Crippen molar-refractivity contribution in [3.63, 3.8) is 0 Å². The van der Waals surface area contributed by atoms with Gasteiger partial charge in [-0.25, -0.2) is 0 Å². The highest BCUT2D eigenvalue weighted by Crippen LogP contribution is 2.45. The van der Waals surface area contributed by atoms with Gasteiger partial charge < -0.3 is 43.0 Å². The molecule has 4 aliphatic rings. The first-order chi connectivity index (χ1) is 26.8. The van der Waals surface area contributed by atoms with Crippen LogP contribution in [0.1, 0.15) is 70.9 Å². The highest BCUT2D eigenvalue weighted by molar-refractivity contribution is 5.31. The van der Waals surface area contributed by atoms with Gasteiger partial charge in [0.2, 0.25) is 0 Å². The fraction of sp³-hybridized carbons (Fsp3) is 0.609. The van der Waals surface area contributed by atoms with Crippen LogP contribution in [0.5, 0.6) is 11.5 Å². The van der Waals surface area contributed by atoms with Gasteiger partial charge in [-0.2, -0.15) is 0 Å². The van der Waals surface area contributed by atoms with Gasteiger partial charge in [-0.1, -0.05) is 88.4 Å². The maximum atomic E-state index is 12.0. The molecule has 4 heterocycles. The van der Waals surface area contributed by atoms with Crippen LogP contribution in [0.3, 0.4) is 0 Å². The van der Waals surface area contributed by atoms with E-state index < -0.39 is 12.2 Å². The van der Waals surface area contributed by atoms with E-state index in [2.05, 4.69) is 52.0 Å². The van der Waals surface area contributed by atoms with Gasteiger partial charge in [-0.15, -0.1) is 0 Å². The Hall–Kier alpha value is -3.02. The van der Waals surface area contributed by atoms with E-state index in [4.69, 9.17) is 37.9 Å². The maximum absolute atomic E-state index is 12.0. The Morgan fingerprint density at radius 3 is 1.98 bits per heavy atom. The van der Waals surface area contributed by atoms with Crippen LogP contribution < -0.4 is 9.47 Å². The lowest BCUT2D eigenvalue weighted by Gasteiger charge is -2.48. The summed E-state index contributed by atoms with van der Waals surface area (Å²) in [6, 6.07) is 28.2. The Kier molecular flexibility index (Phi) is 13.8. The summed E-state index contributed by atoms with van der Waals surface area (Å²) in [6.07, 6.45) is 1.36. The first-order valence-electron chi connectivity index (χ1n) is 20.6. The largest absolute Gasteiger partial charge is 0.497 e. The maximum Gasteiger partial charge on any atom is 0.119 e. The highest BCUT2D eigenvalue weighted by atomic mass is 16.6. The van der Waals surface area contributed by atoms with Crippen LogP contribution in [0.2, 0.25) is 0 Å². The smallest absolute Gasteiger partial charge is 0.119 e. The molecule has 0 bridgehead atoms. The van der Waals surface area contributed by atoms with E-state index in [9.17, 15) is 5.11 Å². The molecule has 4 fully saturated rings. The average Bonchev–Trinajstić information content (AvgIpc) is 3.30. The molecule has 55 heavy (non-hydrogen) atoms. The predicted octanol–water partition coefficient (Wildman–Crippen LogP) is 7.80. The molecule has 3 aromatic carbocycles. The summed E-state index contributed by atoms with van der Waals surface area (Å²) in [5, 5.41) is 12.0. The number of rotatable bonds is 13. The average molecular weight is 759 g/mol. The number of hydrogen-bond acceptors (Lipinski definition) is 9. The molecule has 14 unspecified atom stereocenters. The summed E-state index contributed by atoms with van der Waals surface area (Å²) < 4.78 is 52.2. The number of benzene rings is 3. The summed E-state index contributed by atoms with van der Waals surface area (Å²) in [5.41, 5.74) is 2.26. The molecule has 300 valence electrons. The topological polar surface area (TPSA) is 94.1 Å². The van der Waals surface area contributed by atoms with Crippen molar-refractivity contribution in [2.24, 2.45) is 23.7 Å². The number of aliphatic hydroxyl groups excluding tert-OH is 1. The number of fused-ring (bicyclic) bond motifs is 3. The van der Waals surface area contributed by atoms with Gasteiger partial charge in [0, 0.05) is 12.3 Å². The molecule has 0 radical (unpaired) electrons. The monoisotopic (exact) mass is 758 g/mol. The third kappa shape index (κ3) is 9.93. The molecule has 9 heteroatoms. The van der Waals surface area contributed by atoms with Crippen molar-refractivity contribution in [3.05, 3.63) is 96.1 Å². The Morgan fingerprint density at radius 1 is 0.618 bits per heavy atom. The standard InChI is InChI=1S/C46H62O9/c1-29-23-38(51-27-34-15-10-7-11-16-34)42(28-49-26-33-13-8-6-9-14-33)52-40-25-41-44(54-39(40)24-29)32(4)43(47)46-45(55-41)31(3)30(2)37(53-46)17-12-22-50-36-20-18-35(48-5)19-21-36/h6-11,13-16,18-21,29-32,37-47H,12,17,22-28H2,1-5H3. The zero-order valence-corrected chi connectivity index (χ0v) is 33.2. The first kappa shape index (κ1) is 40.2. The van der Waals surface area contributed by atoms with Gasteiger partial charge in [-0.3, -0.25) is 0 Å². The summed E-state index contributed by atoms with van der Waals surface area (Å²) in [7, 11) is 1.66. The number of methoxy groups -OCH3 is 1. The minimum atomic E-state index is -0.716. The molecular weight excluding hydrogens is 696 g/mol. The second-order valence-electron chi connectivity index (χ2n) is 16.5. The van der Waals surface area contributed by atoms with Crippen molar-refractivity contribution in [3.8, 4) is 11.5 Å². The summed E-state index contributed by atoms with van der Waals surface area (Å²) in [4.78, 5) is 0. The zero-order valence-electron chi connectivity index (χ0n) is 33.2. The van der Waals surface area contributed by atoms with Gasteiger partial charge in [0.25, 0.3) is 0 Å². The predicted molar refractivity (Wildman–Crippen MR) is 210 cm³/mol. The van der Waals surface area contributed by atoms with Gasteiger partial charge >= 0.3 is 0 Å². The summed E-state index contributed by atoms with van der Waals surface area (Å²) in [5.74, 6) is 2.21. The van der Waals surface area contributed by atoms with Crippen LogP contribution in [-0.2, 0) is 41.6 Å². The van der Waals surface area contributed by atoms with Gasteiger partial charge in [0.15, 0.2) is 0 Å². The fourth-order valence-corrected chi connectivity index (χ4v) is 9.15. The third-order valence-corrected chi connectivity index (χ3v) is 12.6. The van der Waals surface area contributed by atoms with Crippen LogP contribution >= 0.6 is 0 Å². The van der Waals surface area contributed by atoms with Crippen molar-refractivity contribution in [2.75, 3.05) is 20.3 Å². The van der Waals surface area contributed by atoms with Crippen molar-refractivity contribution in [2.45, 2.75) is 134 Å². The molecule has 1 N–H and O–H groups in total. The highest BCUT2D eigenvalue weighted by Gasteiger charge is 2.55. The molecular formula is C46H62O9. The molecule has 14 atom stereocenters. The normalized spacial score (nSPS) is 36.3.